The van der Waals surface area contributed by atoms with Crippen molar-refractivity contribution in [3.05, 3.63) is 41.8 Å². The zero-order valence-electron chi connectivity index (χ0n) is 11.8. The Hall–Kier alpha value is -2.00. The van der Waals surface area contributed by atoms with E-state index in [-0.39, 0.29) is 12.4 Å². The Balaban J connectivity index is 1.35. The lowest BCUT2D eigenvalue weighted by Crippen LogP contribution is -1.95. The van der Waals surface area contributed by atoms with Gasteiger partial charge in [-0.1, -0.05) is 0 Å². The highest BCUT2D eigenvalue weighted by atomic mass is 32.2. The maximum absolute atomic E-state index is 12.8. The molecule has 6 nitrogen and oxygen atoms in total. The van der Waals surface area contributed by atoms with Gasteiger partial charge in [0, 0.05) is 17.7 Å². The van der Waals surface area contributed by atoms with E-state index in [1.54, 1.807) is 12.1 Å². The summed E-state index contributed by atoms with van der Waals surface area (Å²) in [4.78, 5) is 4.45. The lowest BCUT2D eigenvalue weighted by atomic mass is 10.3. The van der Waals surface area contributed by atoms with Crippen LogP contribution in [0, 0.1) is 5.82 Å². The van der Waals surface area contributed by atoms with Gasteiger partial charge in [-0.2, -0.15) is 4.37 Å². The van der Waals surface area contributed by atoms with E-state index in [0.29, 0.717) is 22.8 Å². The second-order valence-corrected chi connectivity index (χ2v) is 6.95. The number of aromatic nitrogens is 4. The van der Waals surface area contributed by atoms with Crippen LogP contribution in [0.2, 0.25) is 0 Å². The second-order valence-electron chi connectivity index (χ2n) is 5.00. The average Bonchev–Trinajstić information content (AvgIpc) is 3.14. The zero-order chi connectivity index (χ0) is 15.6. The van der Waals surface area contributed by atoms with Crippen molar-refractivity contribution >= 4 is 23.3 Å². The highest BCUT2D eigenvalue weighted by Gasteiger charge is 2.28. The van der Waals surface area contributed by atoms with Crippen LogP contribution in [0.15, 0.2) is 38.2 Å². The van der Waals surface area contributed by atoms with Gasteiger partial charge in [-0.25, -0.2) is 9.37 Å². The first-order valence-electron chi connectivity index (χ1n) is 6.98. The fourth-order valence-electron chi connectivity index (χ4n) is 1.86. The van der Waals surface area contributed by atoms with E-state index in [4.69, 9.17) is 9.15 Å². The molecule has 0 N–H and O–H groups in total. The number of halogens is 1. The summed E-state index contributed by atoms with van der Waals surface area (Å²) in [6, 6.07) is 5.75. The van der Waals surface area contributed by atoms with Gasteiger partial charge in [-0.05, 0) is 48.6 Å². The number of ether oxygens (including phenoxy) is 1. The minimum atomic E-state index is -0.309. The third-order valence-electron chi connectivity index (χ3n) is 3.16. The second kappa shape index (κ2) is 6.25. The molecule has 1 aliphatic carbocycles. The lowest BCUT2D eigenvalue weighted by Gasteiger charge is -2.01. The largest absolute Gasteiger partial charge is 0.484 e. The average molecular weight is 350 g/mol. The van der Waals surface area contributed by atoms with E-state index < -0.39 is 0 Å². The van der Waals surface area contributed by atoms with Crippen LogP contribution in [0.1, 0.15) is 30.5 Å². The predicted octanol–water partition coefficient (Wildman–Crippen LogP) is 3.67. The molecule has 0 atom stereocenters. The molecule has 0 amide bonds. The van der Waals surface area contributed by atoms with Crippen LogP contribution in [0.25, 0.3) is 0 Å². The molecule has 23 heavy (non-hydrogen) atoms. The van der Waals surface area contributed by atoms with Crippen molar-refractivity contribution in [2.24, 2.45) is 0 Å². The van der Waals surface area contributed by atoms with Crippen molar-refractivity contribution in [1.29, 1.82) is 0 Å². The predicted molar refractivity (Wildman–Crippen MR) is 81.0 cm³/mol. The topological polar surface area (TPSA) is 73.9 Å². The van der Waals surface area contributed by atoms with Crippen molar-refractivity contribution in [3.63, 3.8) is 0 Å². The number of nitrogens with zero attached hydrogens (tertiary/aromatic N) is 4. The first kappa shape index (κ1) is 14.6. The summed E-state index contributed by atoms with van der Waals surface area (Å²) in [5.74, 6) is 2.03. The van der Waals surface area contributed by atoms with Gasteiger partial charge >= 0.3 is 0 Å². The summed E-state index contributed by atoms with van der Waals surface area (Å²) in [7, 11) is 0. The van der Waals surface area contributed by atoms with Crippen LogP contribution >= 0.6 is 23.3 Å². The Labute approximate surface area is 139 Å². The molecule has 0 spiro atoms. The van der Waals surface area contributed by atoms with Gasteiger partial charge in [0.15, 0.2) is 10.9 Å². The van der Waals surface area contributed by atoms with Gasteiger partial charge in [0.25, 0.3) is 11.1 Å². The van der Waals surface area contributed by atoms with Crippen molar-refractivity contribution in [2.75, 3.05) is 0 Å². The Morgan fingerprint density at radius 2 is 2.09 bits per heavy atom. The maximum atomic E-state index is 12.8. The highest BCUT2D eigenvalue weighted by Crippen LogP contribution is 2.40. The Morgan fingerprint density at radius 3 is 2.87 bits per heavy atom. The summed E-state index contributed by atoms with van der Waals surface area (Å²) in [5.41, 5.74) is 0. The fourth-order valence-corrected chi connectivity index (χ4v) is 3.34. The van der Waals surface area contributed by atoms with Gasteiger partial charge in [0.2, 0.25) is 0 Å². The van der Waals surface area contributed by atoms with E-state index in [0.717, 1.165) is 10.2 Å². The smallest absolute Gasteiger partial charge is 0.283 e. The van der Waals surface area contributed by atoms with Crippen LogP contribution in [0.5, 0.6) is 5.75 Å². The molecule has 0 bridgehead atoms. The van der Waals surface area contributed by atoms with E-state index >= 15 is 0 Å². The number of benzene rings is 1. The third-order valence-corrected chi connectivity index (χ3v) is 4.77. The van der Waals surface area contributed by atoms with E-state index in [9.17, 15) is 4.39 Å². The van der Waals surface area contributed by atoms with Gasteiger partial charge in [-0.15, -0.1) is 10.2 Å². The molecule has 2 aromatic heterocycles. The van der Waals surface area contributed by atoms with Crippen LogP contribution in [-0.2, 0) is 6.61 Å². The van der Waals surface area contributed by atoms with E-state index in [1.165, 1.54) is 48.3 Å². The molecule has 0 saturated heterocycles. The summed E-state index contributed by atoms with van der Waals surface area (Å²) in [6.45, 7) is 0.128. The maximum Gasteiger partial charge on any atom is 0.283 e. The van der Waals surface area contributed by atoms with Gasteiger partial charge in [0.05, 0.1) is 0 Å². The van der Waals surface area contributed by atoms with Gasteiger partial charge < -0.3 is 9.15 Å². The van der Waals surface area contributed by atoms with Crippen molar-refractivity contribution in [3.8, 4) is 5.75 Å². The lowest BCUT2D eigenvalue weighted by molar-refractivity contribution is 0.252. The van der Waals surface area contributed by atoms with E-state index in [1.807, 2.05) is 0 Å². The fraction of sp³-hybridized carbons (Fsp3) is 0.286. The van der Waals surface area contributed by atoms with Crippen LogP contribution in [0.4, 0.5) is 4.39 Å². The molecule has 1 aromatic carbocycles. The van der Waals surface area contributed by atoms with Crippen LogP contribution in [-0.4, -0.2) is 19.6 Å². The number of rotatable bonds is 6. The molecule has 3 aromatic rings. The Kier molecular flexibility index (Phi) is 3.96. The minimum absolute atomic E-state index is 0.128. The molecule has 1 saturated carbocycles. The van der Waals surface area contributed by atoms with Crippen molar-refractivity contribution in [1.82, 2.24) is 19.6 Å². The first-order chi connectivity index (χ1) is 11.3. The summed E-state index contributed by atoms with van der Waals surface area (Å²) < 4.78 is 28.9. The molecule has 9 heteroatoms. The molecular formula is C14H11FN4O2S2. The summed E-state index contributed by atoms with van der Waals surface area (Å²) >= 11 is 2.64. The third kappa shape index (κ3) is 3.67. The quantitative estimate of drug-likeness (QED) is 0.671. The molecule has 0 radical (unpaired) electrons. The highest BCUT2D eigenvalue weighted by molar-refractivity contribution is 8.00. The van der Waals surface area contributed by atoms with Crippen molar-refractivity contribution < 1.29 is 13.5 Å². The molecule has 1 aliphatic rings. The van der Waals surface area contributed by atoms with Crippen LogP contribution < -0.4 is 4.74 Å². The molecular weight excluding hydrogens is 339 g/mol. The zero-order valence-corrected chi connectivity index (χ0v) is 13.4. The van der Waals surface area contributed by atoms with Gasteiger partial charge in [-0.3, -0.25) is 0 Å². The standard InChI is InChI=1S/C14H11FN4O2S2/c15-9-3-5-10(6-4-9)20-7-11-17-18-13(21-11)22-14-16-12(19-23-14)8-1-2-8/h3-6,8H,1-2,7H2. The summed E-state index contributed by atoms with van der Waals surface area (Å²) in [5, 5.41) is 8.28. The SMILES string of the molecule is Fc1ccc(OCc2nnc(Sc3nc(C4CC4)ns3)o2)cc1. The number of hydrogen-bond acceptors (Lipinski definition) is 8. The van der Waals surface area contributed by atoms with Gasteiger partial charge in [0.1, 0.15) is 17.4 Å². The normalized spacial score (nSPS) is 14.1. The monoisotopic (exact) mass is 350 g/mol. The molecule has 1 fully saturated rings. The van der Waals surface area contributed by atoms with Crippen LogP contribution in [0.3, 0.4) is 0 Å². The molecule has 118 valence electrons. The molecule has 4 rings (SSSR count). The molecule has 0 aliphatic heterocycles. The van der Waals surface area contributed by atoms with Crippen molar-refractivity contribution in [2.45, 2.75) is 34.9 Å². The Bertz CT molecular complexity index is 801. The Morgan fingerprint density at radius 1 is 1.26 bits per heavy atom. The van der Waals surface area contributed by atoms with E-state index in [2.05, 4.69) is 19.6 Å². The first-order valence-corrected chi connectivity index (χ1v) is 8.57. The summed E-state index contributed by atoms with van der Waals surface area (Å²) in [6.07, 6.45) is 2.35. The number of hydrogen-bond donors (Lipinski definition) is 0. The molecule has 2 heterocycles. The molecule has 0 unspecified atom stereocenters. The minimum Gasteiger partial charge on any atom is -0.484 e.